The zero-order chi connectivity index (χ0) is 10.6. The van der Waals surface area contributed by atoms with Gasteiger partial charge in [-0.15, -0.1) is 0 Å². The van der Waals surface area contributed by atoms with Crippen molar-refractivity contribution in [3.8, 4) is 0 Å². The van der Waals surface area contributed by atoms with E-state index in [0.717, 1.165) is 5.69 Å². The minimum absolute atomic E-state index is 0.168. The maximum absolute atomic E-state index is 11.6. The van der Waals surface area contributed by atoms with Crippen molar-refractivity contribution >= 4 is 11.6 Å². The number of carbonyl (C=O) groups excluding carboxylic acids is 1. The van der Waals surface area contributed by atoms with Crippen molar-refractivity contribution in [3.05, 3.63) is 30.3 Å². The summed E-state index contributed by atoms with van der Waals surface area (Å²) in [5, 5.41) is 0. The smallest absolute Gasteiger partial charge is 0.257 e. The van der Waals surface area contributed by atoms with E-state index in [9.17, 15) is 4.79 Å². The molecule has 0 saturated carbocycles. The first-order valence-corrected chi connectivity index (χ1v) is 4.35. The molecule has 0 radical (unpaired) electrons. The van der Waals surface area contributed by atoms with Crippen LogP contribution in [0.3, 0.4) is 0 Å². The molecule has 0 bridgehead atoms. The highest BCUT2D eigenvalue weighted by Crippen LogP contribution is 2.12. The van der Waals surface area contributed by atoms with E-state index < -0.39 is 6.10 Å². The van der Waals surface area contributed by atoms with Crippen LogP contribution in [-0.4, -0.2) is 19.1 Å². The summed E-state index contributed by atoms with van der Waals surface area (Å²) in [5.74, 6) is 4.77. The first kappa shape index (κ1) is 10.7. The Morgan fingerprint density at radius 2 is 2.00 bits per heavy atom. The maximum Gasteiger partial charge on any atom is 0.257 e. The zero-order valence-corrected chi connectivity index (χ0v) is 8.31. The molecule has 0 aliphatic heterocycles. The lowest BCUT2D eigenvalue weighted by Gasteiger charge is -2.19. The van der Waals surface area contributed by atoms with Gasteiger partial charge in [0.25, 0.3) is 5.91 Å². The van der Waals surface area contributed by atoms with Gasteiger partial charge in [-0.25, -0.2) is 5.90 Å². The molecule has 1 rings (SSSR count). The third-order valence-corrected chi connectivity index (χ3v) is 2.03. The van der Waals surface area contributed by atoms with Gasteiger partial charge in [0.15, 0.2) is 6.10 Å². The zero-order valence-electron chi connectivity index (χ0n) is 8.31. The molecule has 1 amide bonds. The van der Waals surface area contributed by atoms with E-state index in [-0.39, 0.29) is 5.91 Å². The van der Waals surface area contributed by atoms with Crippen LogP contribution in [0, 0.1) is 0 Å². The molecule has 1 aromatic carbocycles. The molecular formula is C10H14N2O2. The van der Waals surface area contributed by atoms with E-state index >= 15 is 0 Å². The number of amides is 1. The van der Waals surface area contributed by atoms with Crippen LogP contribution in [0.4, 0.5) is 5.69 Å². The number of hydrogen-bond donors (Lipinski definition) is 1. The van der Waals surface area contributed by atoms with E-state index in [1.165, 1.54) is 4.90 Å². The molecule has 0 fully saturated rings. The standard InChI is InChI=1S/C10H14N2O2/c1-8(14-11)10(13)12(2)9-6-4-3-5-7-9/h3-8H,11H2,1-2H3. The van der Waals surface area contributed by atoms with E-state index in [2.05, 4.69) is 4.84 Å². The monoisotopic (exact) mass is 194 g/mol. The summed E-state index contributed by atoms with van der Waals surface area (Å²) < 4.78 is 0. The Bertz CT molecular complexity index is 300. The fourth-order valence-electron chi connectivity index (χ4n) is 1.11. The number of carbonyl (C=O) groups is 1. The Balaban J connectivity index is 2.76. The first-order chi connectivity index (χ1) is 6.66. The van der Waals surface area contributed by atoms with Gasteiger partial charge in [-0.3, -0.25) is 9.63 Å². The molecule has 0 spiro atoms. The number of hydrogen-bond acceptors (Lipinski definition) is 3. The highest BCUT2D eigenvalue weighted by molar-refractivity contribution is 5.95. The van der Waals surface area contributed by atoms with Gasteiger partial charge < -0.3 is 4.90 Å². The maximum atomic E-state index is 11.6. The van der Waals surface area contributed by atoms with Crippen molar-refractivity contribution in [2.24, 2.45) is 5.90 Å². The van der Waals surface area contributed by atoms with Gasteiger partial charge >= 0.3 is 0 Å². The molecule has 4 heteroatoms. The van der Waals surface area contributed by atoms with Crippen molar-refractivity contribution in [2.75, 3.05) is 11.9 Å². The van der Waals surface area contributed by atoms with Crippen molar-refractivity contribution in [1.29, 1.82) is 0 Å². The molecule has 1 unspecified atom stereocenters. The van der Waals surface area contributed by atoms with E-state index in [0.29, 0.717) is 0 Å². The van der Waals surface area contributed by atoms with Gasteiger partial charge in [0.1, 0.15) is 0 Å². The highest BCUT2D eigenvalue weighted by atomic mass is 16.6. The Labute approximate surface area is 83.2 Å². The molecule has 0 aliphatic carbocycles. The van der Waals surface area contributed by atoms with Gasteiger partial charge in [-0.05, 0) is 19.1 Å². The molecule has 0 saturated heterocycles. The molecule has 2 N–H and O–H groups in total. The van der Waals surface area contributed by atoms with Crippen LogP contribution in [0.5, 0.6) is 0 Å². The van der Waals surface area contributed by atoms with Crippen LogP contribution in [0.1, 0.15) is 6.92 Å². The van der Waals surface area contributed by atoms with Gasteiger partial charge in [-0.2, -0.15) is 0 Å². The van der Waals surface area contributed by atoms with Gasteiger partial charge in [-0.1, -0.05) is 18.2 Å². The van der Waals surface area contributed by atoms with Crippen molar-refractivity contribution < 1.29 is 9.63 Å². The Morgan fingerprint density at radius 3 is 2.50 bits per heavy atom. The summed E-state index contributed by atoms with van der Waals surface area (Å²) in [4.78, 5) is 17.6. The third kappa shape index (κ3) is 2.31. The second-order valence-electron chi connectivity index (χ2n) is 3.01. The quantitative estimate of drug-likeness (QED) is 0.728. The lowest BCUT2D eigenvalue weighted by atomic mass is 10.2. The van der Waals surface area contributed by atoms with Crippen molar-refractivity contribution in [3.63, 3.8) is 0 Å². The molecule has 4 nitrogen and oxygen atoms in total. The average molecular weight is 194 g/mol. The Kier molecular flexibility index (Phi) is 3.62. The number of nitrogens with two attached hydrogens (primary N) is 1. The van der Waals surface area contributed by atoms with Crippen LogP contribution in [-0.2, 0) is 9.63 Å². The minimum Gasteiger partial charge on any atom is -0.313 e. The van der Waals surface area contributed by atoms with E-state index in [1.807, 2.05) is 30.3 Å². The Hall–Kier alpha value is -1.39. The van der Waals surface area contributed by atoms with Crippen LogP contribution >= 0.6 is 0 Å². The van der Waals surface area contributed by atoms with E-state index in [1.54, 1.807) is 14.0 Å². The molecular weight excluding hydrogens is 180 g/mol. The number of likely N-dealkylation sites (N-methyl/N-ethyl adjacent to an activating group) is 1. The molecule has 14 heavy (non-hydrogen) atoms. The summed E-state index contributed by atoms with van der Waals surface area (Å²) >= 11 is 0. The van der Waals surface area contributed by atoms with Crippen molar-refractivity contribution in [2.45, 2.75) is 13.0 Å². The van der Waals surface area contributed by atoms with Gasteiger partial charge in [0.2, 0.25) is 0 Å². The van der Waals surface area contributed by atoms with Crippen molar-refractivity contribution in [1.82, 2.24) is 0 Å². The largest absolute Gasteiger partial charge is 0.313 e. The predicted molar refractivity (Wildman–Crippen MR) is 54.6 cm³/mol. The summed E-state index contributed by atoms with van der Waals surface area (Å²) in [6.07, 6.45) is -0.625. The summed E-state index contributed by atoms with van der Waals surface area (Å²) in [6, 6.07) is 9.33. The topological polar surface area (TPSA) is 55.6 Å². The van der Waals surface area contributed by atoms with Crippen LogP contribution < -0.4 is 10.8 Å². The summed E-state index contributed by atoms with van der Waals surface area (Å²) in [6.45, 7) is 1.61. The lowest BCUT2D eigenvalue weighted by Crippen LogP contribution is -2.37. The first-order valence-electron chi connectivity index (χ1n) is 4.35. The number of anilines is 1. The number of rotatable bonds is 3. The normalized spacial score (nSPS) is 12.2. The molecule has 0 aliphatic rings. The van der Waals surface area contributed by atoms with Crippen LogP contribution in [0.2, 0.25) is 0 Å². The summed E-state index contributed by atoms with van der Waals surface area (Å²) in [5.41, 5.74) is 0.821. The number of nitrogens with zero attached hydrogens (tertiary/aromatic N) is 1. The van der Waals surface area contributed by atoms with E-state index in [4.69, 9.17) is 5.90 Å². The predicted octanol–water partition coefficient (Wildman–Crippen LogP) is 0.928. The second-order valence-corrected chi connectivity index (χ2v) is 3.01. The average Bonchev–Trinajstić information content (AvgIpc) is 2.27. The summed E-state index contributed by atoms with van der Waals surface area (Å²) in [7, 11) is 1.69. The second kappa shape index (κ2) is 4.74. The van der Waals surface area contributed by atoms with Gasteiger partial charge in [0, 0.05) is 12.7 Å². The SMILES string of the molecule is CC(ON)C(=O)N(C)c1ccccc1. The fourth-order valence-corrected chi connectivity index (χ4v) is 1.11. The Morgan fingerprint density at radius 1 is 1.43 bits per heavy atom. The number of benzene rings is 1. The molecule has 0 heterocycles. The minimum atomic E-state index is -0.625. The number of para-hydroxylation sites is 1. The highest BCUT2D eigenvalue weighted by Gasteiger charge is 2.18. The molecule has 0 aromatic heterocycles. The van der Waals surface area contributed by atoms with Gasteiger partial charge in [0.05, 0.1) is 0 Å². The van der Waals surface area contributed by atoms with Crippen LogP contribution in [0.15, 0.2) is 30.3 Å². The lowest BCUT2D eigenvalue weighted by molar-refractivity contribution is -0.128. The fraction of sp³-hybridized carbons (Fsp3) is 0.300. The molecule has 1 aromatic rings. The third-order valence-electron chi connectivity index (χ3n) is 2.03. The molecule has 76 valence electrons. The van der Waals surface area contributed by atoms with Crippen LogP contribution in [0.25, 0.3) is 0 Å². The molecule has 1 atom stereocenters.